The van der Waals surface area contributed by atoms with Crippen LogP contribution in [0.2, 0.25) is 0 Å². The van der Waals surface area contributed by atoms with Crippen molar-refractivity contribution in [3.8, 4) is 34.5 Å². The number of benzene rings is 2. The van der Waals surface area contributed by atoms with Gasteiger partial charge in [0, 0.05) is 0 Å². The van der Waals surface area contributed by atoms with Crippen LogP contribution < -0.4 is 23.7 Å². The molecule has 0 saturated carbocycles. The molecule has 2 rings (SSSR count). The summed E-state index contributed by atoms with van der Waals surface area (Å²) in [4.78, 5) is 0. The third kappa shape index (κ3) is 6.21. The molecule has 0 saturated heterocycles. The summed E-state index contributed by atoms with van der Waals surface area (Å²) < 4.78 is 29.1. The zero-order chi connectivity index (χ0) is 20.9. The van der Waals surface area contributed by atoms with Gasteiger partial charge in [0.2, 0.25) is 11.5 Å². The Kier molecular flexibility index (Phi) is 8.96. The standard InChI is InChI=1S/C24H26O5/c1-5-15-25-19-11-9-13-21(23(19)27-17-7-3)29-22-14-10-12-20(26-16-6-2)24(22)28-18-8-4/h5-14H,1-4,15-18H2. The molecule has 0 N–H and O–H groups in total. The highest BCUT2D eigenvalue weighted by Gasteiger charge is 2.18. The molecule has 0 fully saturated rings. The first-order chi connectivity index (χ1) is 14.2. The van der Waals surface area contributed by atoms with Gasteiger partial charge in [-0.25, -0.2) is 0 Å². The van der Waals surface area contributed by atoms with Gasteiger partial charge >= 0.3 is 0 Å². The highest BCUT2D eigenvalue weighted by Crippen LogP contribution is 2.44. The average molecular weight is 394 g/mol. The van der Waals surface area contributed by atoms with Crippen LogP contribution in [0.4, 0.5) is 0 Å². The van der Waals surface area contributed by atoms with E-state index in [0.717, 1.165) is 0 Å². The highest BCUT2D eigenvalue weighted by molar-refractivity contribution is 5.57. The number of hydrogen-bond donors (Lipinski definition) is 0. The Morgan fingerprint density at radius 1 is 0.517 bits per heavy atom. The van der Waals surface area contributed by atoms with Crippen LogP contribution in [0.5, 0.6) is 34.5 Å². The van der Waals surface area contributed by atoms with Crippen LogP contribution in [0.15, 0.2) is 87.0 Å². The fourth-order valence-corrected chi connectivity index (χ4v) is 2.36. The first-order valence-electron chi connectivity index (χ1n) is 9.13. The van der Waals surface area contributed by atoms with Gasteiger partial charge in [-0.3, -0.25) is 0 Å². The summed E-state index contributed by atoms with van der Waals surface area (Å²) in [6.45, 7) is 16.0. The molecule has 0 unspecified atom stereocenters. The van der Waals surface area contributed by atoms with Crippen LogP contribution in [-0.2, 0) is 0 Å². The lowest BCUT2D eigenvalue weighted by Gasteiger charge is -2.18. The maximum Gasteiger partial charge on any atom is 0.204 e. The van der Waals surface area contributed by atoms with Crippen LogP contribution in [0, 0.1) is 0 Å². The molecule has 2 aromatic carbocycles. The van der Waals surface area contributed by atoms with Gasteiger partial charge in [0.15, 0.2) is 23.0 Å². The molecule has 0 heterocycles. The van der Waals surface area contributed by atoms with Crippen molar-refractivity contribution < 1.29 is 23.7 Å². The van der Waals surface area contributed by atoms with Crippen molar-refractivity contribution in [1.82, 2.24) is 0 Å². The smallest absolute Gasteiger partial charge is 0.204 e. The lowest BCUT2D eigenvalue weighted by molar-refractivity contribution is 0.283. The molecule has 152 valence electrons. The molecule has 0 atom stereocenters. The van der Waals surface area contributed by atoms with Crippen LogP contribution in [-0.4, -0.2) is 26.4 Å². The van der Waals surface area contributed by atoms with Gasteiger partial charge in [-0.1, -0.05) is 62.8 Å². The fourth-order valence-electron chi connectivity index (χ4n) is 2.36. The van der Waals surface area contributed by atoms with Gasteiger partial charge in [-0.2, -0.15) is 0 Å². The zero-order valence-corrected chi connectivity index (χ0v) is 16.5. The molecule has 0 spiro atoms. The molecule has 0 aliphatic rings. The SMILES string of the molecule is C=CCOc1cccc(Oc2cccc(OCC=C)c2OCC=C)c1OCC=C. The summed E-state index contributed by atoms with van der Waals surface area (Å²) in [6.07, 6.45) is 6.62. The van der Waals surface area contributed by atoms with Crippen LogP contribution in [0.25, 0.3) is 0 Å². The lowest BCUT2D eigenvalue weighted by Crippen LogP contribution is -2.03. The Balaban J connectivity index is 2.43. The minimum absolute atomic E-state index is 0.299. The van der Waals surface area contributed by atoms with E-state index in [9.17, 15) is 0 Å². The van der Waals surface area contributed by atoms with E-state index < -0.39 is 0 Å². The molecule has 29 heavy (non-hydrogen) atoms. The third-order valence-corrected chi connectivity index (χ3v) is 3.51. The first-order valence-corrected chi connectivity index (χ1v) is 9.13. The number of hydrogen-bond acceptors (Lipinski definition) is 5. The van der Waals surface area contributed by atoms with E-state index in [0.29, 0.717) is 60.9 Å². The van der Waals surface area contributed by atoms with E-state index in [-0.39, 0.29) is 0 Å². The van der Waals surface area contributed by atoms with Gasteiger partial charge in [0.1, 0.15) is 26.4 Å². The molecule has 0 bridgehead atoms. The summed E-state index contributed by atoms with van der Waals surface area (Å²) in [7, 11) is 0. The van der Waals surface area contributed by atoms with E-state index in [1.54, 1.807) is 48.6 Å². The molecule has 5 nitrogen and oxygen atoms in total. The van der Waals surface area contributed by atoms with Crippen molar-refractivity contribution in [2.75, 3.05) is 26.4 Å². The molecule has 0 amide bonds. The predicted molar refractivity (Wildman–Crippen MR) is 116 cm³/mol. The van der Waals surface area contributed by atoms with Crippen LogP contribution >= 0.6 is 0 Å². The van der Waals surface area contributed by atoms with Crippen molar-refractivity contribution in [1.29, 1.82) is 0 Å². The summed E-state index contributed by atoms with van der Waals surface area (Å²) in [5.41, 5.74) is 0. The van der Waals surface area contributed by atoms with Crippen molar-refractivity contribution in [2.45, 2.75) is 0 Å². The fraction of sp³-hybridized carbons (Fsp3) is 0.167. The molecular formula is C24H26O5. The van der Waals surface area contributed by atoms with E-state index >= 15 is 0 Å². The normalized spacial score (nSPS) is 9.79. The second-order valence-corrected chi connectivity index (χ2v) is 5.67. The largest absolute Gasteiger partial charge is 0.486 e. The molecule has 0 aliphatic carbocycles. The summed E-state index contributed by atoms with van der Waals surface area (Å²) in [6, 6.07) is 10.8. The second-order valence-electron chi connectivity index (χ2n) is 5.67. The molecule has 0 aliphatic heterocycles. The van der Waals surface area contributed by atoms with Crippen LogP contribution in [0.1, 0.15) is 0 Å². The second kappa shape index (κ2) is 12.0. The summed E-state index contributed by atoms with van der Waals surface area (Å²) >= 11 is 0. The molecule has 0 radical (unpaired) electrons. The maximum atomic E-state index is 6.15. The monoisotopic (exact) mass is 394 g/mol. The van der Waals surface area contributed by atoms with Crippen molar-refractivity contribution in [2.24, 2.45) is 0 Å². The predicted octanol–water partition coefficient (Wildman–Crippen LogP) is 5.74. The molecule has 0 aromatic heterocycles. The van der Waals surface area contributed by atoms with Crippen molar-refractivity contribution >= 4 is 0 Å². The number of para-hydroxylation sites is 2. The Morgan fingerprint density at radius 2 is 0.862 bits per heavy atom. The maximum absolute atomic E-state index is 6.15. The molecular weight excluding hydrogens is 368 g/mol. The van der Waals surface area contributed by atoms with Crippen LogP contribution in [0.3, 0.4) is 0 Å². The topological polar surface area (TPSA) is 46.2 Å². The van der Waals surface area contributed by atoms with E-state index in [1.807, 2.05) is 12.1 Å². The average Bonchev–Trinajstić information content (AvgIpc) is 2.74. The first kappa shape index (κ1) is 21.7. The van der Waals surface area contributed by atoms with Gasteiger partial charge in [0.05, 0.1) is 0 Å². The quantitative estimate of drug-likeness (QED) is 0.383. The Hall–Kier alpha value is -3.60. The summed E-state index contributed by atoms with van der Waals surface area (Å²) in [5, 5.41) is 0. The number of ether oxygens (including phenoxy) is 5. The molecule has 5 heteroatoms. The van der Waals surface area contributed by atoms with Gasteiger partial charge in [0.25, 0.3) is 0 Å². The Bertz CT molecular complexity index is 772. The minimum Gasteiger partial charge on any atom is -0.486 e. The van der Waals surface area contributed by atoms with E-state index in [2.05, 4.69) is 26.3 Å². The highest BCUT2D eigenvalue weighted by atomic mass is 16.6. The van der Waals surface area contributed by atoms with Gasteiger partial charge in [-0.15, -0.1) is 0 Å². The Labute approximate surface area is 172 Å². The lowest BCUT2D eigenvalue weighted by atomic mass is 10.2. The van der Waals surface area contributed by atoms with Gasteiger partial charge < -0.3 is 23.7 Å². The third-order valence-electron chi connectivity index (χ3n) is 3.51. The van der Waals surface area contributed by atoms with E-state index in [1.165, 1.54) is 0 Å². The van der Waals surface area contributed by atoms with Gasteiger partial charge in [-0.05, 0) is 24.3 Å². The Morgan fingerprint density at radius 3 is 1.24 bits per heavy atom. The zero-order valence-electron chi connectivity index (χ0n) is 16.5. The van der Waals surface area contributed by atoms with Crippen molar-refractivity contribution in [3.63, 3.8) is 0 Å². The summed E-state index contributed by atoms with van der Waals surface area (Å²) in [5.74, 6) is 2.94. The van der Waals surface area contributed by atoms with E-state index in [4.69, 9.17) is 23.7 Å². The number of rotatable bonds is 14. The molecule has 2 aromatic rings. The van der Waals surface area contributed by atoms with Crippen molar-refractivity contribution in [3.05, 3.63) is 87.0 Å². The minimum atomic E-state index is 0.299.